The van der Waals surface area contributed by atoms with Gasteiger partial charge in [0.25, 0.3) is 5.91 Å². The van der Waals surface area contributed by atoms with E-state index < -0.39 is 28.0 Å². The molecular weight excluding hydrogens is 336 g/mol. The van der Waals surface area contributed by atoms with E-state index >= 15 is 0 Å². The number of nitrogens with one attached hydrogen (secondary N) is 1. The Morgan fingerprint density at radius 1 is 1.29 bits per heavy atom. The molecule has 1 N–H and O–H groups in total. The van der Waals surface area contributed by atoms with Crippen molar-refractivity contribution in [3.05, 3.63) is 24.3 Å². The van der Waals surface area contributed by atoms with Gasteiger partial charge >= 0.3 is 5.97 Å². The quantitative estimate of drug-likeness (QED) is 0.691. The molecule has 0 bridgehead atoms. The number of esters is 1. The molecule has 0 saturated heterocycles. The van der Waals surface area contributed by atoms with Crippen LogP contribution in [0.25, 0.3) is 0 Å². The molecule has 0 spiro atoms. The molecule has 0 aliphatic rings. The highest BCUT2D eigenvalue weighted by Gasteiger charge is 2.20. The van der Waals surface area contributed by atoms with Crippen molar-refractivity contribution in [1.29, 1.82) is 0 Å². The van der Waals surface area contributed by atoms with Crippen LogP contribution in [0, 0.1) is 0 Å². The van der Waals surface area contributed by atoms with Crippen molar-refractivity contribution in [3.63, 3.8) is 0 Å². The molecule has 0 saturated carbocycles. The van der Waals surface area contributed by atoms with E-state index in [9.17, 15) is 18.0 Å². The zero-order chi connectivity index (χ0) is 18.3. The van der Waals surface area contributed by atoms with Crippen LogP contribution in [0.2, 0.25) is 0 Å². The largest absolute Gasteiger partial charge is 0.451 e. The molecule has 0 aliphatic carbocycles. The lowest BCUT2D eigenvalue weighted by Crippen LogP contribution is -2.31. The number of hydrogen-bond donors (Lipinski definition) is 1. The third-order valence-electron chi connectivity index (χ3n) is 2.98. The minimum atomic E-state index is -3.60. The van der Waals surface area contributed by atoms with Crippen molar-refractivity contribution in [1.82, 2.24) is 4.31 Å². The van der Waals surface area contributed by atoms with Crippen LogP contribution in [0.3, 0.4) is 0 Å². The Kier molecular flexibility index (Phi) is 7.33. The van der Waals surface area contributed by atoms with E-state index in [0.29, 0.717) is 6.61 Å². The highest BCUT2D eigenvalue weighted by atomic mass is 32.2. The van der Waals surface area contributed by atoms with Crippen LogP contribution in [0.15, 0.2) is 29.2 Å². The average Bonchev–Trinajstić information content (AvgIpc) is 2.52. The number of carbonyl (C=O) groups is 2. The first-order valence-electron chi connectivity index (χ1n) is 7.29. The fourth-order valence-corrected chi connectivity index (χ4v) is 2.61. The standard InChI is InChI=1S/C15H22N2O6S/c1-5-22-10-14(18)23-11(2)15(19)16-12-7-6-8-13(9-12)24(20,21)17(3)4/h6-9,11H,5,10H2,1-4H3,(H,16,19)/t11-/m0/s1. The molecule has 9 heteroatoms. The number of hydrogen-bond acceptors (Lipinski definition) is 6. The highest BCUT2D eigenvalue weighted by Crippen LogP contribution is 2.18. The average molecular weight is 358 g/mol. The molecular formula is C15H22N2O6S. The fraction of sp³-hybridized carbons (Fsp3) is 0.467. The normalized spacial score (nSPS) is 12.7. The Balaban J connectivity index is 2.76. The van der Waals surface area contributed by atoms with Crippen molar-refractivity contribution < 1.29 is 27.5 Å². The number of benzene rings is 1. The maximum absolute atomic E-state index is 12.1. The van der Waals surface area contributed by atoms with Gasteiger partial charge in [-0.25, -0.2) is 17.5 Å². The van der Waals surface area contributed by atoms with E-state index in [2.05, 4.69) is 5.32 Å². The molecule has 1 atom stereocenters. The van der Waals surface area contributed by atoms with Crippen LogP contribution in [0.1, 0.15) is 13.8 Å². The van der Waals surface area contributed by atoms with Gasteiger partial charge in [-0.3, -0.25) is 4.79 Å². The molecule has 0 heterocycles. The summed E-state index contributed by atoms with van der Waals surface area (Å²) in [5, 5.41) is 2.51. The van der Waals surface area contributed by atoms with E-state index in [1.807, 2.05) is 0 Å². The third-order valence-corrected chi connectivity index (χ3v) is 4.79. The summed E-state index contributed by atoms with van der Waals surface area (Å²) in [5.74, 6) is -1.22. The lowest BCUT2D eigenvalue weighted by Gasteiger charge is -2.15. The molecule has 1 aromatic carbocycles. The summed E-state index contributed by atoms with van der Waals surface area (Å²) in [5.41, 5.74) is 0.288. The van der Waals surface area contributed by atoms with Crippen molar-refractivity contribution >= 4 is 27.6 Å². The first-order valence-corrected chi connectivity index (χ1v) is 8.73. The molecule has 24 heavy (non-hydrogen) atoms. The summed E-state index contributed by atoms with van der Waals surface area (Å²) in [6.45, 7) is 3.28. The molecule has 8 nitrogen and oxygen atoms in total. The molecule has 1 aromatic rings. The summed E-state index contributed by atoms with van der Waals surface area (Å²) < 4.78 is 35.0. The molecule has 0 aliphatic heterocycles. The van der Waals surface area contributed by atoms with Gasteiger partial charge in [0.2, 0.25) is 10.0 Å². The SMILES string of the molecule is CCOCC(=O)O[C@@H](C)C(=O)Nc1cccc(S(=O)(=O)N(C)C)c1. The zero-order valence-corrected chi connectivity index (χ0v) is 14.9. The Bertz CT molecular complexity index is 687. The first-order chi connectivity index (χ1) is 11.2. The summed E-state index contributed by atoms with van der Waals surface area (Å²) in [7, 11) is -0.770. The summed E-state index contributed by atoms with van der Waals surface area (Å²) in [6.07, 6.45) is -1.04. The Labute approximate surface area is 141 Å². The van der Waals surface area contributed by atoms with Gasteiger partial charge in [0.15, 0.2) is 6.10 Å². The van der Waals surface area contributed by atoms with Crippen molar-refractivity contribution in [2.75, 3.05) is 32.6 Å². The highest BCUT2D eigenvalue weighted by molar-refractivity contribution is 7.89. The first kappa shape index (κ1) is 20.1. The van der Waals surface area contributed by atoms with Gasteiger partial charge in [-0.1, -0.05) is 6.07 Å². The second-order valence-corrected chi connectivity index (χ2v) is 7.23. The van der Waals surface area contributed by atoms with Crippen molar-refractivity contribution in [3.8, 4) is 0 Å². The topological polar surface area (TPSA) is 102 Å². The van der Waals surface area contributed by atoms with E-state index in [4.69, 9.17) is 9.47 Å². The maximum atomic E-state index is 12.1. The monoisotopic (exact) mass is 358 g/mol. The maximum Gasteiger partial charge on any atom is 0.332 e. The third kappa shape index (κ3) is 5.59. The van der Waals surface area contributed by atoms with Gasteiger partial charge < -0.3 is 14.8 Å². The van der Waals surface area contributed by atoms with Gasteiger partial charge in [0.05, 0.1) is 4.90 Å². The Hall–Kier alpha value is -1.97. The van der Waals surface area contributed by atoms with E-state index in [0.717, 1.165) is 4.31 Å². The molecule has 0 fully saturated rings. The minimum absolute atomic E-state index is 0.0475. The summed E-state index contributed by atoms with van der Waals surface area (Å²) in [6, 6.07) is 5.82. The van der Waals surface area contributed by atoms with Crippen LogP contribution in [-0.4, -0.2) is 58.0 Å². The molecule has 134 valence electrons. The minimum Gasteiger partial charge on any atom is -0.451 e. The summed E-state index contributed by atoms with van der Waals surface area (Å²) in [4.78, 5) is 23.5. The van der Waals surface area contributed by atoms with E-state index in [1.165, 1.54) is 39.2 Å². The Morgan fingerprint density at radius 3 is 2.54 bits per heavy atom. The number of rotatable bonds is 8. The molecule has 1 rings (SSSR count). The predicted octanol–water partition coefficient (Wildman–Crippen LogP) is 0.844. The van der Waals surface area contributed by atoms with Gasteiger partial charge in [-0.05, 0) is 32.0 Å². The smallest absolute Gasteiger partial charge is 0.332 e. The Morgan fingerprint density at radius 2 is 1.96 bits per heavy atom. The lowest BCUT2D eigenvalue weighted by molar-refractivity contribution is -0.157. The molecule has 0 aromatic heterocycles. The van der Waals surface area contributed by atoms with Crippen molar-refractivity contribution in [2.24, 2.45) is 0 Å². The number of anilines is 1. The van der Waals surface area contributed by atoms with Crippen LogP contribution < -0.4 is 5.32 Å². The van der Waals surface area contributed by atoms with E-state index in [1.54, 1.807) is 13.0 Å². The number of nitrogens with zero attached hydrogens (tertiary/aromatic N) is 1. The van der Waals surface area contributed by atoms with Crippen LogP contribution >= 0.6 is 0 Å². The van der Waals surface area contributed by atoms with Crippen LogP contribution in [0.5, 0.6) is 0 Å². The van der Waals surface area contributed by atoms with Gasteiger partial charge in [-0.15, -0.1) is 0 Å². The van der Waals surface area contributed by atoms with Gasteiger partial charge in [0, 0.05) is 26.4 Å². The molecule has 1 amide bonds. The number of carbonyl (C=O) groups excluding carboxylic acids is 2. The number of ether oxygens (including phenoxy) is 2. The number of sulfonamides is 1. The zero-order valence-electron chi connectivity index (χ0n) is 14.1. The van der Waals surface area contributed by atoms with Crippen LogP contribution in [-0.2, 0) is 29.1 Å². The molecule has 0 unspecified atom stereocenters. The second-order valence-electron chi connectivity index (χ2n) is 5.07. The van der Waals surface area contributed by atoms with E-state index in [-0.39, 0.29) is 17.2 Å². The summed E-state index contributed by atoms with van der Waals surface area (Å²) >= 11 is 0. The predicted molar refractivity (Wildman–Crippen MR) is 88.0 cm³/mol. The van der Waals surface area contributed by atoms with Crippen LogP contribution in [0.4, 0.5) is 5.69 Å². The van der Waals surface area contributed by atoms with Gasteiger partial charge in [0.1, 0.15) is 6.61 Å². The number of amides is 1. The van der Waals surface area contributed by atoms with Gasteiger partial charge in [-0.2, -0.15) is 0 Å². The fourth-order valence-electron chi connectivity index (χ4n) is 1.66. The van der Waals surface area contributed by atoms with Crippen molar-refractivity contribution in [2.45, 2.75) is 24.8 Å². The lowest BCUT2D eigenvalue weighted by atomic mass is 10.3. The molecule has 0 radical (unpaired) electrons. The second kappa shape index (κ2) is 8.76.